The summed E-state index contributed by atoms with van der Waals surface area (Å²) in [5.41, 5.74) is 0.559. The van der Waals surface area contributed by atoms with Crippen molar-refractivity contribution in [2.45, 2.75) is 31.7 Å². The predicted octanol–water partition coefficient (Wildman–Crippen LogP) is 2.27. The van der Waals surface area contributed by atoms with E-state index in [1.807, 2.05) is 17.0 Å². The molecule has 1 heterocycles. The number of carbonyl (C=O) groups is 2. The molecule has 6 heteroatoms. The number of nitrogens with zero attached hydrogens (tertiary/aromatic N) is 2. The third-order valence-electron chi connectivity index (χ3n) is 5.00. The second-order valence-corrected chi connectivity index (χ2v) is 7.46. The van der Waals surface area contributed by atoms with Crippen LogP contribution in [-0.2, 0) is 4.79 Å². The molecule has 1 saturated carbocycles. The molecule has 3 rings (SSSR count). The number of nitrogens with one attached hydrogen (secondary N) is 1. The molecule has 1 saturated heterocycles. The standard InChI is InChI=1S/C18H24BrN3O2/c19-15-5-3-4-14(12-15)18(24)20-13-17(23)22-10-8-21(9-11-22)16-6-1-2-7-16/h3-5,12,16H,1-2,6-11,13H2,(H,20,24). The van der Waals surface area contributed by atoms with E-state index < -0.39 is 0 Å². The van der Waals surface area contributed by atoms with E-state index in [9.17, 15) is 9.59 Å². The lowest BCUT2D eigenvalue weighted by Gasteiger charge is -2.38. The smallest absolute Gasteiger partial charge is 0.251 e. The van der Waals surface area contributed by atoms with Crippen molar-refractivity contribution in [2.75, 3.05) is 32.7 Å². The van der Waals surface area contributed by atoms with E-state index in [4.69, 9.17) is 0 Å². The molecule has 2 fully saturated rings. The Labute approximate surface area is 151 Å². The van der Waals surface area contributed by atoms with Crippen molar-refractivity contribution >= 4 is 27.7 Å². The molecule has 1 aromatic rings. The Bertz CT molecular complexity index is 594. The minimum atomic E-state index is -0.214. The van der Waals surface area contributed by atoms with E-state index in [0.717, 1.165) is 36.7 Å². The summed E-state index contributed by atoms with van der Waals surface area (Å²) in [6, 6.07) is 7.89. The zero-order valence-electron chi connectivity index (χ0n) is 13.8. The van der Waals surface area contributed by atoms with Gasteiger partial charge in [-0.1, -0.05) is 34.8 Å². The summed E-state index contributed by atoms with van der Waals surface area (Å²) in [6.45, 7) is 3.50. The molecule has 24 heavy (non-hydrogen) atoms. The van der Waals surface area contributed by atoms with Crippen molar-refractivity contribution in [3.8, 4) is 0 Å². The fourth-order valence-electron chi connectivity index (χ4n) is 3.61. The Balaban J connectivity index is 1.43. The quantitative estimate of drug-likeness (QED) is 0.853. The summed E-state index contributed by atoms with van der Waals surface area (Å²) in [5.74, 6) is -0.210. The largest absolute Gasteiger partial charge is 0.343 e. The molecule has 1 N–H and O–H groups in total. The van der Waals surface area contributed by atoms with Crippen LogP contribution < -0.4 is 5.32 Å². The number of hydrogen-bond acceptors (Lipinski definition) is 3. The predicted molar refractivity (Wildman–Crippen MR) is 96.9 cm³/mol. The molecule has 0 bridgehead atoms. The van der Waals surface area contributed by atoms with Gasteiger partial charge in [-0.2, -0.15) is 0 Å². The number of carbonyl (C=O) groups excluding carboxylic acids is 2. The summed E-state index contributed by atoms with van der Waals surface area (Å²) in [7, 11) is 0. The van der Waals surface area contributed by atoms with E-state index in [-0.39, 0.29) is 18.4 Å². The zero-order valence-corrected chi connectivity index (χ0v) is 15.4. The maximum absolute atomic E-state index is 12.3. The number of piperazine rings is 1. The van der Waals surface area contributed by atoms with Crippen LogP contribution in [0.2, 0.25) is 0 Å². The average Bonchev–Trinajstić information content (AvgIpc) is 3.14. The molecule has 1 aliphatic carbocycles. The van der Waals surface area contributed by atoms with Gasteiger partial charge in [0.15, 0.2) is 0 Å². The Hall–Kier alpha value is -1.40. The van der Waals surface area contributed by atoms with Crippen molar-refractivity contribution in [3.63, 3.8) is 0 Å². The van der Waals surface area contributed by atoms with Crippen LogP contribution in [0.25, 0.3) is 0 Å². The van der Waals surface area contributed by atoms with E-state index in [0.29, 0.717) is 5.56 Å². The van der Waals surface area contributed by atoms with Gasteiger partial charge in [-0.25, -0.2) is 0 Å². The molecule has 2 aliphatic rings. The second kappa shape index (κ2) is 8.12. The third-order valence-corrected chi connectivity index (χ3v) is 5.49. The molecule has 0 aromatic heterocycles. The molecule has 130 valence electrons. The first-order valence-electron chi connectivity index (χ1n) is 8.69. The van der Waals surface area contributed by atoms with Crippen LogP contribution in [0.4, 0.5) is 0 Å². The number of halogens is 1. The first-order chi connectivity index (χ1) is 11.6. The van der Waals surface area contributed by atoms with E-state index in [1.165, 1.54) is 25.7 Å². The third kappa shape index (κ3) is 4.36. The first-order valence-corrected chi connectivity index (χ1v) is 9.48. The maximum Gasteiger partial charge on any atom is 0.251 e. The minimum absolute atomic E-state index is 0.00409. The van der Waals surface area contributed by atoms with Crippen LogP contribution in [-0.4, -0.2) is 60.4 Å². The zero-order chi connectivity index (χ0) is 16.9. The number of amides is 2. The Morgan fingerprint density at radius 3 is 2.50 bits per heavy atom. The maximum atomic E-state index is 12.3. The molecule has 1 aliphatic heterocycles. The van der Waals surface area contributed by atoms with Crippen LogP contribution >= 0.6 is 15.9 Å². The van der Waals surface area contributed by atoms with Crippen LogP contribution in [0.5, 0.6) is 0 Å². The minimum Gasteiger partial charge on any atom is -0.343 e. The average molecular weight is 394 g/mol. The van der Waals surface area contributed by atoms with Gasteiger partial charge in [0.05, 0.1) is 6.54 Å². The number of hydrogen-bond donors (Lipinski definition) is 1. The Morgan fingerprint density at radius 1 is 1.12 bits per heavy atom. The molecule has 0 unspecified atom stereocenters. The normalized spacial score (nSPS) is 19.5. The van der Waals surface area contributed by atoms with Crippen molar-refractivity contribution in [1.29, 1.82) is 0 Å². The van der Waals surface area contributed by atoms with Crippen LogP contribution in [0, 0.1) is 0 Å². The fourth-order valence-corrected chi connectivity index (χ4v) is 4.00. The highest BCUT2D eigenvalue weighted by Gasteiger charge is 2.27. The van der Waals surface area contributed by atoms with Gasteiger partial charge in [0.2, 0.25) is 5.91 Å². The van der Waals surface area contributed by atoms with Crippen LogP contribution in [0.1, 0.15) is 36.0 Å². The van der Waals surface area contributed by atoms with Gasteiger partial charge in [0.25, 0.3) is 5.91 Å². The van der Waals surface area contributed by atoms with Crippen molar-refractivity contribution < 1.29 is 9.59 Å². The van der Waals surface area contributed by atoms with Gasteiger partial charge in [-0.15, -0.1) is 0 Å². The van der Waals surface area contributed by atoms with Gasteiger partial charge in [0, 0.05) is 42.3 Å². The van der Waals surface area contributed by atoms with Crippen LogP contribution in [0.3, 0.4) is 0 Å². The molecular weight excluding hydrogens is 370 g/mol. The topological polar surface area (TPSA) is 52.7 Å². The fraction of sp³-hybridized carbons (Fsp3) is 0.556. The van der Waals surface area contributed by atoms with Crippen molar-refractivity contribution in [3.05, 3.63) is 34.3 Å². The number of rotatable bonds is 4. The lowest BCUT2D eigenvalue weighted by Crippen LogP contribution is -2.53. The summed E-state index contributed by atoms with van der Waals surface area (Å²) < 4.78 is 0.851. The summed E-state index contributed by atoms with van der Waals surface area (Å²) in [6.07, 6.45) is 5.28. The van der Waals surface area contributed by atoms with E-state index in [1.54, 1.807) is 12.1 Å². The monoisotopic (exact) mass is 393 g/mol. The summed E-state index contributed by atoms with van der Waals surface area (Å²) in [4.78, 5) is 28.8. The Morgan fingerprint density at radius 2 is 1.83 bits per heavy atom. The van der Waals surface area contributed by atoms with E-state index >= 15 is 0 Å². The summed E-state index contributed by atoms with van der Waals surface area (Å²) >= 11 is 3.35. The van der Waals surface area contributed by atoms with Crippen molar-refractivity contribution in [2.24, 2.45) is 0 Å². The van der Waals surface area contributed by atoms with Crippen molar-refractivity contribution in [1.82, 2.24) is 15.1 Å². The van der Waals surface area contributed by atoms with E-state index in [2.05, 4.69) is 26.1 Å². The summed E-state index contributed by atoms with van der Waals surface area (Å²) in [5, 5.41) is 2.72. The molecule has 1 aromatic carbocycles. The second-order valence-electron chi connectivity index (χ2n) is 6.55. The van der Waals surface area contributed by atoms with Gasteiger partial charge in [0.1, 0.15) is 0 Å². The molecule has 0 radical (unpaired) electrons. The first kappa shape index (κ1) is 17.4. The van der Waals surface area contributed by atoms with Gasteiger partial charge in [-0.05, 0) is 31.0 Å². The Kier molecular flexibility index (Phi) is 5.89. The van der Waals surface area contributed by atoms with Gasteiger partial charge in [-0.3, -0.25) is 14.5 Å². The highest BCUT2D eigenvalue weighted by atomic mass is 79.9. The SMILES string of the molecule is O=C(NCC(=O)N1CCN(C2CCCC2)CC1)c1cccc(Br)c1. The van der Waals surface area contributed by atoms with Crippen LogP contribution in [0.15, 0.2) is 28.7 Å². The highest BCUT2D eigenvalue weighted by molar-refractivity contribution is 9.10. The molecule has 0 atom stereocenters. The molecular formula is C18H24BrN3O2. The molecule has 5 nitrogen and oxygen atoms in total. The number of benzene rings is 1. The lowest BCUT2D eigenvalue weighted by atomic mass is 10.2. The molecule has 0 spiro atoms. The van der Waals surface area contributed by atoms with Gasteiger partial charge < -0.3 is 10.2 Å². The highest BCUT2D eigenvalue weighted by Crippen LogP contribution is 2.24. The lowest BCUT2D eigenvalue weighted by molar-refractivity contribution is -0.132. The van der Waals surface area contributed by atoms with Gasteiger partial charge >= 0.3 is 0 Å². The molecule has 2 amide bonds.